The van der Waals surface area contributed by atoms with Crippen LogP contribution in [0.25, 0.3) is 0 Å². The Hall–Kier alpha value is -2.30. The van der Waals surface area contributed by atoms with E-state index in [1.807, 2.05) is 6.92 Å². The molecule has 0 unspecified atom stereocenters. The molecule has 1 heterocycles. The zero-order chi connectivity index (χ0) is 13.7. The van der Waals surface area contributed by atoms with Gasteiger partial charge in [-0.2, -0.15) is 0 Å². The van der Waals surface area contributed by atoms with E-state index >= 15 is 0 Å². The number of hydrogen-bond acceptors (Lipinski definition) is 3. The van der Waals surface area contributed by atoms with Gasteiger partial charge in [-0.15, -0.1) is 0 Å². The van der Waals surface area contributed by atoms with Crippen molar-refractivity contribution in [3.8, 4) is 0 Å². The predicted octanol–water partition coefficient (Wildman–Crippen LogP) is 1.66. The lowest BCUT2D eigenvalue weighted by atomic mass is 10.1. The van der Waals surface area contributed by atoms with E-state index in [0.717, 1.165) is 24.2 Å². The molecule has 0 aliphatic carbocycles. The summed E-state index contributed by atoms with van der Waals surface area (Å²) < 4.78 is 0. The molecule has 0 atom stereocenters. The molecule has 4 N–H and O–H groups in total. The van der Waals surface area contributed by atoms with Crippen LogP contribution in [0.4, 0.5) is 5.69 Å². The monoisotopic (exact) mass is 258 g/mol. The number of aryl methyl sites for hydroxylation is 2. The minimum Gasteiger partial charge on any atom is -0.399 e. The van der Waals surface area contributed by atoms with E-state index in [-0.39, 0.29) is 5.91 Å². The van der Waals surface area contributed by atoms with Crippen LogP contribution in [0, 0.1) is 6.92 Å². The van der Waals surface area contributed by atoms with Crippen LogP contribution in [0.2, 0.25) is 0 Å². The quantitative estimate of drug-likeness (QED) is 0.563. The zero-order valence-corrected chi connectivity index (χ0v) is 10.9. The number of anilines is 1. The summed E-state index contributed by atoms with van der Waals surface area (Å²) in [7, 11) is 0. The summed E-state index contributed by atoms with van der Waals surface area (Å²) in [6.07, 6.45) is 5.21. The van der Waals surface area contributed by atoms with Gasteiger partial charge in [0, 0.05) is 36.6 Å². The molecule has 5 heteroatoms. The predicted molar refractivity (Wildman–Crippen MR) is 74.8 cm³/mol. The standard InChI is InChI=1S/C14H18N4O/c1-10-9-11(15)4-5-12(10)14(19)18-6-2-3-13-16-7-8-17-13/h4-5,7-9H,2-3,6,15H2,1H3,(H,16,17)(H,18,19). The topological polar surface area (TPSA) is 83.8 Å². The van der Waals surface area contributed by atoms with Crippen molar-refractivity contribution in [2.24, 2.45) is 0 Å². The highest BCUT2D eigenvalue weighted by molar-refractivity contribution is 5.95. The molecule has 0 bridgehead atoms. The number of carbonyl (C=O) groups excluding carboxylic acids is 1. The molecule has 1 aromatic heterocycles. The second-order valence-corrected chi connectivity index (χ2v) is 4.47. The number of imidazole rings is 1. The van der Waals surface area contributed by atoms with Gasteiger partial charge in [-0.3, -0.25) is 4.79 Å². The number of nitrogens with one attached hydrogen (secondary N) is 2. The average molecular weight is 258 g/mol. The Morgan fingerprint density at radius 1 is 1.47 bits per heavy atom. The van der Waals surface area contributed by atoms with E-state index in [0.29, 0.717) is 17.8 Å². The summed E-state index contributed by atoms with van der Waals surface area (Å²) >= 11 is 0. The van der Waals surface area contributed by atoms with Crippen molar-refractivity contribution >= 4 is 11.6 Å². The highest BCUT2D eigenvalue weighted by Crippen LogP contribution is 2.12. The number of nitrogen functional groups attached to an aromatic ring is 1. The maximum Gasteiger partial charge on any atom is 0.251 e. The van der Waals surface area contributed by atoms with Gasteiger partial charge in [-0.1, -0.05) is 0 Å². The summed E-state index contributed by atoms with van der Waals surface area (Å²) in [6.45, 7) is 2.51. The molecule has 0 radical (unpaired) electrons. The van der Waals surface area contributed by atoms with Gasteiger partial charge < -0.3 is 16.0 Å². The first kappa shape index (κ1) is 13.1. The van der Waals surface area contributed by atoms with Crippen LogP contribution in [0.3, 0.4) is 0 Å². The first-order chi connectivity index (χ1) is 9.16. The van der Waals surface area contributed by atoms with E-state index in [1.165, 1.54) is 0 Å². The van der Waals surface area contributed by atoms with E-state index in [9.17, 15) is 4.79 Å². The van der Waals surface area contributed by atoms with Gasteiger partial charge in [0.15, 0.2) is 0 Å². The molecule has 1 aromatic carbocycles. The number of aromatic amines is 1. The molecule has 2 rings (SSSR count). The van der Waals surface area contributed by atoms with Crippen molar-refractivity contribution in [2.45, 2.75) is 19.8 Å². The molecule has 0 spiro atoms. The Morgan fingerprint density at radius 3 is 3.00 bits per heavy atom. The highest BCUT2D eigenvalue weighted by Gasteiger charge is 2.08. The smallest absolute Gasteiger partial charge is 0.251 e. The molecular formula is C14H18N4O. The Labute approximate surface area is 112 Å². The molecular weight excluding hydrogens is 240 g/mol. The molecule has 2 aromatic rings. The summed E-state index contributed by atoms with van der Waals surface area (Å²) in [6, 6.07) is 5.30. The van der Waals surface area contributed by atoms with Gasteiger partial charge >= 0.3 is 0 Å². The first-order valence-electron chi connectivity index (χ1n) is 6.29. The van der Waals surface area contributed by atoms with E-state index < -0.39 is 0 Å². The minimum absolute atomic E-state index is 0.0584. The van der Waals surface area contributed by atoms with E-state index in [1.54, 1.807) is 30.6 Å². The van der Waals surface area contributed by atoms with Crippen LogP contribution in [-0.4, -0.2) is 22.4 Å². The van der Waals surface area contributed by atoms with Crippen molar-refractivity contribution in [3.05, 3.63) is 47.5 Å². The number of carbonyl (C=O) groups is 1. The fourth-order valence-electron chi connectivity index (χ4n) is 1.93. The van der Waals surface area contributed by atoms with Crippen molar-refractivity contribution in [3.63, 3.8) is 0 Å². The first-order valence-corrected chi connectivity index (χ1v) is 6.29. The molecule has 0 fully saturated rings. The molecule has 100 valence electrons. The summed E-state index contributed by atoms with van der Waals surface area (Å²) in [5.41, 5.74) is 7.90. The van der Waals surface area contributed by atoms with Crippen LogP contribution in [0.15, 0.2) is 30.6 Å². The number of amides is 1. The number of nitrogens with zero attached hydrogens (tertiary/aromatic N) is 1. The Morgan fingerprint density at radius 2 is 2.32 bits per heavy atom. The largest absolute Gasteiger partial charge is 0.399 e. The van der Waals surface area contributed by atoms with Crippen LogP contribution in [0.5, 0.6) is 0 Å². The third-order valence-electron chi connectivity index (χ3n) is 2.93. The zero-order valence-electron chi connectivity index (χ0n) is 10.9. The van der Waals surface area contributed by atoms with Gasteiger partial charge in [0.25, 0.3) is 5.91 Å². The number of H-pyrrole nitrogens is 1. The van der Waals surface area contributed by atoms with Crippen LogP contribution in [-0.2, 0) is 6.42 Å². The van der Waals surface area contributed by atoms with Crippen LogP contribution >= 0.6 is 0 Å². The highest BCUT2D eigenvalue weighted by atomic mass is 16.1. The molecule has 19 heavy (non-hydrogen) atoms. The van der Waals surface area contributed by atoms with Crippen molar-refractivity contribution in [1.82, 2.24) is 15.3 Å². The Balaban J connectivity index is 1.81. The molecule has 0 aliphatic heterocycles. The molecule has 5 nitrogen and oxygen atoms in total. The number of nitrogens with two attached hydrogens (primary N) is 1. The second kappa shape index (κ2) is 6.04. The fourth-order valence-corrected chi connectivity index (χ4v) is 1.93. The third-order valence-corrected chi connectivity index (χ3v) is 2.93. The number of rotatable bonds is 5. The Bertz CT molecular complexity index is 549. The van der Waals surface area contributed by atoms with E-state index in [4.69, 9.17) is 5.73 Å². The van der Waals surface area contributed by atoms with Gasteiger partial charge in [0.05, 0.1) is 0 Å². The third kappa shape index (κ3) is 3.58. The maximum absolute atomic E-state index is 12.0. The van der Waals surface area contributed by atoms with Crippen LogP contribution < -0.4 is 11.1 Å². The lowest BCUT2D eigenvalue weighted by molar-refractivity contribution is 0.0952. The van der Waals surface area contributed by atoms with Crippen molar-refractivity contribution in [2.75, 3.05) is 12.3 Å². The van der Waals surface area contributed by atoms with Crippen molar-refractivity contribution < 1.29 is 4.79 Å². The lowest BCUT2D eigenvalue weighted by Gasteiger charge is -2.08. The fraction of sp³-hybridized carbons (Fsp3) is 0.286. The van der Waals surface area contributed by atoms with Gasteiger partial charge in [0.1, 0.15) is 5.82 Å². The van der Waals surface area contributed by atoms with Gasteiger partial charge in [-0.05, 0) is 37.1 Å². The maximum atomic E-state index is 12.0. The SMILES string of the molecule is Cc1cc(N)ccc1C(=O)NCCCc1ncc[nH]1. The van der Waals surface area contributed by atoms with E-state index in [2.05, 4.69) is 15.3 Å². The lowest BCUT2D eigenvalue weighted by Crippen LogP contribution is -2.25. The number of hydrogen-bond donors (Lipinski definition) is 3. The Kier molecular flexibility index (Phi) is 4.18. The molecule has 0 saturated carbocycles. The summed E-state index contributed by atoms with van der Waals surface area (Å²) in [5, 5.41) is 2.90. The number of aromatic nitrogens is 2. The second-order valence-electron chi connectivity index (χ2n) is 4.47. The normalized spacial score (nSPS) is 10.4. The summed E-state index contributed by atoms with van der Waals surface area (Å²) in [5.74, 6) is 0.884. The molecule has 1 amide bonds. The van der Waals surface area contributed by atoms with Gasteiger partial charge in [0.2, 0.25) is 0 Å². The van der Waals surface area contributed by atoms with Crippen molar-refractivity contribution in [1.29, 1.82) is 0 Å². The molecule has 0 saturated heterocycles. The van der Waals surface area contributed by atoms with Crippen LogP contribution in [0.1, 0.15) is 28.2 Å². The summed E-state index contributed by atoms with van der Waals surface area (Å²) in [4.78, 5) is 19.1. The molecule has 0 aliphatic rings. The average Bonchev–Trinajstić information content (AvgIpc) is 2.87. The van der Waals surface area contributed by atoms with Gasteiger partial charge in [-0.25, -0.2) is 4.98 Å². The minimum atomic E-state index is -0.0584. The number of benzene rings is 1.